The van der Waals surface area contributed by atoms with Crippen LogP contribution in [0.1, 0.15) is 32.1 Å². The molecule has 0 radical (unpaired) electrons. The summed E-state index contributed by atoms with van der Waals surface area (Å²) in [6.45, 7) is 0.982. The van der Waals surface area contributed by atoms with Gasteiger partial charge in [0.1, 0.15) is 5.01 Å². The van der Waals surface area contributed by atoms with Gasteiger partial charge in [-0.15, -0.1) is 10.2 Å². The summed E-state index contributed by atoms with van der Waals surface area (Å²) in [7, 11) is 1.64. The molecule has 1 saturated carbocycles. The van der Waals surface area contributed by atoms with Crippen molar-refractivity contribution in [1.29, 1.82) is 0 Å². The Labute approximate surface area is 157 Å². The van der Waals surface area contributed by atoms with Gasteiger partial charge in [-0.3, -0.25) is 9.69 Å². The summed E-state index contributed by atoms with van der Waals surface area (Å²) >= 11 is 7.37. The van der Waals surface area contributed by atoms with Crippen molar-refractivity contribution in [3.8, 4) is 10.6 Å². The number of carbonyl (C=O) groups is 1. The topological polar surface area (TPSA) is 55.3 Å². The SMILES string of the molecule is COCCN(C(=O)C1CCCCC1)c1nnc(-c2ccc(Cl)cc2)s1. The number of halogens is 1. The van der Waals surface area contributed by atoms with Crippen LogP contribution in [0, 0.1) is 5.92 Å². The van der Waals surface area contributed by atoms with Gasteiger partial charge in [0.2, 0.25) is 11.0 Å². The van der Waals surface area contributed by atoms with Gasteiger partial charge in [0.25, 0.3) is 0 Å². The highest BCUT2D eigenvalue weighted by Crippen LogP contribution is 2.32. The minimum absolute atomic E-state index is 0.0912. The van der Waals surface area contributed by atoms with Crippen LogP contribution in [-0.4, -0.2) is 36.4 Å². The highest BCUT2D eigenvalue weighted by atomic mass is 35.5. The maximum atomic E-state index is 13.0. The van der Waals surface area contributed by atoms with Gasteiger partial charge >= 0.3 is 0 Å². The van der Waals surface area contributed by atoms with Crippen LogP contribution in [0.3, 0.4) is 0 Å². The van der Waals surface area contributed by atoms with Gasteiger partial charge in [-0.05, 0) is 25.0 Å². The van der Waals surface area contributed by atoms with Gasteiger partial charge in [-0.2, -0.15) is 0 Å². The minimum Gasteiger partial charge on any atom is -0.383 e. The first-order valence-corrected chi connectivity index (χ1v) is 9.78. The average molecular weight is 380 g/mol. The van der Waals surface area contributed by atoms with Crippen LogP contribution in [0.5, 0.6) is 0 Å². The number of hydrogen-bond acceptors (Lipinski definition) is 5. The average Bonchev–Trinajstić information content (AvgIpc) is 3.13. The second-order valence-corrected chi connectivity index (χ2v) is 7.61. The molecular formula is C18H22ClN3O2S. The zero-order valence-electron chi connectivity index (χ0n) is 14.3. The zero-order chi connectivity index (χ0) is 17.6. The van der Waals surface area contributed by atoms with Crippen molar-refractivity contribution in [3.05, 3.63) is 29.3 Å². The molecule has 7 heteroatoms. The molecular weight excluding hydrogens is 358 g/mol. The third kappa shape index (κ3) is 4.57. The predicted molar refractivity (Wildman–Crippen MR) is 101 cm³/mol. The van der Waals surface area contributed by atoms with Gasteiger partial charge in [-0.1, -0.05) is 54.3 Å². The Balaban J connectivity index is 1.81. The molecule has 1 heterocycles. The fourth-order valence-corrected chi connectivity index (χ4v) is 4.09. The van der Waals surface area contributed by atoms with E-state index in [2.05, 4.69) is 10.2 Å². The largest absolute Gasteiger partial charge is 0.383 e. The molecule has 0 spiro atoms. The third-order valence-corrected chi connectivity index (χ3v) is 5.72. The van der Waals surface area contributed by atoms with Crippen LogP contribution in [0.4, 0.5) is 5.13 Å². The minimum atomic E-state index is 0.0912. The summed E-state index contributed by atoms with van der Waals surface area (Å²) in [5, 5.41) is 10.6. The maximum absolute atomic E-state index is 13.0. The fourth-order valence-electron chi connectivity index (χ4n) is 3.09. The van der Waals surface area contributed by atoms with Crippen molar-refractivity contribution < 1.29 is 9.53 Å². The molecule has 1 fully saturated rings. The normalized spacial score (nSPS) is 15.3. The standard InChI is InChI=1S/C18H22ClN3O2S/c1-24-12-11-22(17(23)14-5-3-2-4-6-14)18-21-20-16(25-18)13-7-9-15(19)10-8-13/h7-10,14H,2-6,11-12H2,1H3. The number of ether oxygens (including phenoxy) is 1. The van der Waals surface area contributed by atoms with Crippen molar-refractivity contribution in [1.82, 2.24) is 10.2 Å². The molecule has 1 aromatic carbocycles. The van der Waals surface area contributed by atoms with Crippen LogP contribution >= 0.6 is 22.9 Å². The molecule has 0 aliphatic heterocycles. The molecule has 3 rings (SSSR count). The molecule has 25 heavy (non-hydrogen) atoms. The monoisotopic (exact) mass is 379 g/mol. The Morgan fingerprint density at radius 1 is 1.24 bits per heavy atom. The molecule has 0 saturated heterocycles. The Kier molecular flexibility index (Phi) is 6.39. The van der Waals surface area contributed by atoms with E-state index in [0.29, 0.717) is 23.3 Å². The molecule has 0 N–H and O–H groups in total. The molecule has 0 atom stereocenters. The van der Waals surface area contributed by atoms with Gasteiger partial charge in [0, 0.05) is 23.6 Å². The highest BCUT2D eigenvalue weighted by Gasteiger charge is 2.28. The predicted octanol–water partition coefficient (Wildman–Crippen LogP) is 4.42. The lowest BCUT2D eigenvalue weighted by Gasteiger charge is -2.27. The molecule has 0 bridgehead atoms. The Morgan fingerprint density at radius 2 is 1.96 bits per heavy atom. The molecule has 2 aromatic rings. The zero-order valence-corrected chi connectivity index (χ0v) is 15.9. The van der Waals surface area contributed by atoms with Crippen LogP contribution in [-0.2, 0) is 9.53 Å². The van der Waals surface area contributed by atoms with Crippen LogP contribution < -0.4 is 4.90 Å². The number of rotatable bonds is 6. The highest BCUT2D eigenvalue weighted by molar-refractivity contribution is 7.18. The number of nitrogens with zero attached hydrogens (tertiary/aromatic N) is 3. The molecule has 1 amide bonds. The van der Waals surface area contributed by atoms with Crippen LogP contribution in [0.2, 0.25) is 5.02 Å². The number of hydrogen-bond donors (Lipinski definition) is 0. The van der Waals surface area contributed by atoms with Crippen molar-refractivity contribution >= 4 is 34.0 Å². The molecule has 0 unspecified atom stereocenters. The second-order valence-electron chi connectivity index (χ2n) is 6.21. The number of aromatic nitrogens is 2. The van der Waals surface area contributed by atoms with Gasteiger partial charge in [0.05, 0.1) is 13.2 Å². The van der Waals surface area contributed by atoms with Gasteiger partial charge in [0.15, 0.2) is 0 Å². The van der Waals surface area contributed by atoms with Crippen molar-refractivity contribution in [2.24, 2.45) is 5.92 Å². The van der Waals surface area contributed by atoms with E-state index in [9.17, 15) is 4.79 Å². The summed E-state index contributed by atoms with van der Waals surface area (Å²) in [5.41, 5.74) is 0.949. The summed E-state index contributed by atoms with van der Waals surface area (Å²) < 4.78 is 5.18. The summed E-state index contributed by atoms with van der Waals surface area (Å²) in [6.07, 6.45) is 5.40. The number of methoxy groups -OCH3 is 1. The summed E-state index contributed by atoms with van der Waals surface area (Å²) in [6, 6.07) is 7.48. The Bertz CT molecular complexity index is 699. The lowest BCUT2D eigenvalue weighted by Crippen LogP contribution is -2.39. The summed E-state index contributed by atoms with van der Waals surface area (Å²) in [5.74, 6) is 0.240. The molecule has 1 aliphatic rings. The quantitative estimate of drug-likeness (QED) is 0.745. The van der Waals surface area contributed by atoms with Crippen molar-refractivity contribution in [2.45, 2.75) is 32.1 Å². The number of anilines is 1. The smallest absolute Gasteiger partial charge is 0.232 e. The van der Waals surface area contributed by atoms with Crippen molar-refractivity contribution in [2.75, 3.05) is 25.2 Å². The summed E-state index contributed by atoms with van der Waals surface area (Å²) in [4.78, 5) is 14.7. The lowest BCUT2D eigenvalue weighted by molar-refractivity contribution is -0.123. The first-order valence-electron chi connectivity index (χ1n) is 8.59. The number of carbonyl (C=O) groups excluding carboxylic acids is 1. The molecule has 1 aliphatic carbocycles. The lowest BCUT2D eigenvalue weighted by atomic mass is 9.88. The van der Waals surface area contributed by atoms with Crippen molar-refractivity contribution in [3.63, 3.8) is 0 Å². The van der Waals surface area contributed by atoms with E-state index in [1.807, 2.05) is 24.3 Å². The van der Waals surface area contributed by atoms with Gasteiger partial charge < -0.3 is 4.74 Å². The fraction of sp³-hybridized carbons (Fsp3) is 0.500. The molecule has 5 nitrogen and oxygen atoms in total. The van der Waals surface area contributed by atoms with Gasteiger partial charge in [-0.25, -0.2) is 0 Å². The number of benzene rings is 1. The number of amides is 1. The first kappa shape index (κ1) is 18.3. The van der Waals surface area contributed by atoms with E-state index in [0.717, 1.165) is 36.3 Å². The van der Waals surface area contributed by atoms with E-state index in [1.54, 1.807) is 12.0 Å². The van der Waals surface area contributed by atoms with E-state index in [1.165, 1.54) is 17.8 Å². The van der Waals surface area contributed by atoms with E-state index in [-0.39, 0.29) is 11.8 Å². The van der Waals surface area contributed by atoms with E-state index in [4.69, 9.17) is 16.3 Å². The maximum Gasteiger partial charge on any atom is 0.232 e. The molecule has 1 aromatic heterocycles. The molecule has 134 valence electrons. The third-order valence-electron chi connectivity index (χ3n) is 4.48. The Morgan fingerprint density at radius 3 is 2.64 bits per heavy atom. The van der Waals surface area contributed by atoms with Crippen LogP contribution in [0.15, 0.2) is 24.3 Å². The van der Waals surface area contributed by atoms with E-state index < -0.39 is 0 Å². The van der Waals surface area contributed by atoms with E-state index >= 15 is 0 Å². The first-order chi connectivity index (χ1) is 12.2. The second kappa shape index (κ2) is 8.74. The van der Waals surface area contributed by atoms with Crippen LogP contribution in [0.25, 0.3) is 10.6 Å². The Hall–Kier alpha value is -1.50.